The van der Waals surface area contributed by atoms with Crippen molar-refractivity contribution < 1.29 is 40.6 Å². The number of halogens is 3. The third kappa shape index (κ3) is 7.39. The van der Waals surface area contributed by atoms with Gasteiger partial charge in [-0.25, -0.2) is 17.5 Å². The fourth-order valence-electron chi connectivity index (χ4n) is 3.99. The van der Waals surface area contributed by atoms with E-state index in [1.165, 1.54) is 28.6 Å². The van der Waals surface area contributed by atoms with Gasteiger partial charge in [0.1, 0.15) is 23.2 Å². The molecule has 2 aliphatic heterocycles. The molecule has 0 saturated carbocycles. The molecule has 2 heterocycles. The van der Waals surface area contributed by atoms with E-state index in [1.54, 1.807) is 25.7 Å². The highest BCUT2D eigenvalue weighted by atomic mass is 32.2. The molecular weight excluding hydrogens is 477 g/mol. The van der Waals surface area contributed by atoms with Crippen LogP contribution in [-0.4, -0.2) is 73.2 Å². The van der Waals surface area contributed by atoms with Gasteiger partial charge in [-0.15, -0.1) is 13.2 Å². The molecule has 2 saturated heterocycles. The van der Waals surface area contributed by atoms with Gasteiger partial charge in [0.15, 0.2) is 0 Å². The van der Waals surface area contributed by atoms with E-state index in [0.29, 0.717) is 57.6 Å². The molecular formula is C22H31F3N2O6S. The molecule has 192 valence electrons. The van der Waals surface area contributed by atoms with Gasteiger partial charge in [0.2, 0.25) is 10.0 Å². The smallest absolute Gasteiger partial charge is 0.490 e. The van der Waals surface area contributed by atoms with E-state index in [-0.39, 0.29) is 11.9 Å². The lowest BCUT2D eigenvalue weighted by Gasteiger charge is -2.37. The first kappa shape index (κ1) is 26.4. The summed E-state index contributed by atoms with van der Waals surface area (Å²) >= 11 is 0. The first-order valence-electron chi connectivity index (χ1n) is 11.2. The van der Waals surface area contributed by atoms with E-state index in [4.69, 9.17) is 9.47 Å². The summed E-state index contributed by atoms with van der Waals surface area (Å²) in [6, 6.07) is 5.13. The number of hydrogen-bond donors (Lipinski definition) is 0. The van der Waals surface area contributed by atoms with Gasteiger partial charge in [-0.3, -0.25) is 0 Å². The van der Waals surface area contributed by atoms with Crippen molar-refractivity contribution >= 4 is 16.1 Å². The van der Waals surface area contributed by atoms with Gasteiger partial charge in [0, 0.05) is 26.2 Å². The van der Waals surface area contributed by atoms with Crippen molar-refractivity contribution in [1.29, 1.82) is 0 Å². The van der Waals surface area contributed by atoms with Crippen LogP contribution in [0.1, 0.15) is 46.5 Å². The molecule has 1 aromatic carbocycles. The van der Waals surface area contributed by atoms with Gasteiger partial charge in [-0.2, -0.15) is 0 Å². The Morgan fingerprint density at radius 3 is 1.94 bits per heavy atom. The van der Waals surface area contributed by atoms with Crippen molar-refractivity contribution in [2.75, 3.05) is 26.2 Å². The normalized spacial score (nSPS) is 19.6. The molecule has 0 unspecified atom stereocenters. The molecule has 0 aliphatic carbocycles. The summed E-state index contributed by atoms with van der Waals surface area (Å²) in [6.07, 6.45) is -3.79. The average molecular weight is 509 g/mol. The summed E-state index contributed by atoms with van der Waals surface area (Å²) < 4.78 is 79.5. The van der Waals surface area contributed by atoms with Gasteiger partial charge in [-0.1, -0.05) is 0 Å². The Morgan fingerprint density at radius 1 is 0.912 bits per heavy atom. The molecule has 2 fully saturated rings. The van der Waals surface area contributed by atoms with E-state index >= 15 is 0 Å². The van der Waals surface area contributed by atoms with Crippen LogP contribution >= 0.6 is 0 Å². The average Bonchev–Trinajstić information content (AvgIpc) is 2.73. The highest BCUT2D eigenvalue weighted by molar-refractivity contribution is 7.89. The van der Waals surface area contributed by atoms with Crippen molar-refractivity contribution in [3.05, 3.63) is 24.3 Å². The lowest BCUT2D eigenvalue weighted by Crippen LogP contribution is -2.50. The SMILES string of the molecule is CC(C)(C)OC(=O)N1CCC(S(=O)(=O)N2CCC(Oc3ccc(OC(F)(F)F)cc3)CC2)CC1. The van der Waals surface area contributed by atoms with Crippen molar-refractivity contribution in [3.63, 3.8) is 0 Å². The Kier molecular flexibility index (Phi) is 7.91. The predicted octanol–water partition coefficient (Wildman–Crippen LogP) is 4.16. The van der Waals surface area contributed by atoms with E-state index < -0.39 is 33.3 Å². The highest BCUT2D eigenvalue weighted by Gasteiger charge is 2.38. The third-order valence-electron chi connectivity index (χ3n) is 5.64. The monoisotopic (exact) mass is 508 g/mol. The van der Waals surface area contributed by atoms with Crippen LogP contribution in [-0.2, 0) is 14.8 Å². The molecule has 12 heteroatoms. The van der Waals surface area contributed by atoms with Gasteiger partial charge < -0.3 is 19.1 Å². The zero-order valence-corrected chi connectivity index (χ0v) is 20.3. The number of piperidine rings is 2. The lowest BCUT2D eigenvalue weighted by molar-refractivity contribution is -0.274. The molecule has 8 nitrogen and oxygen atoms in total. The number of hydrogen-bond acceptors (Lipinski definition) is 6. The second-order valence-electron chi connectivity index (χ2n) is 9.45. The van der Waals surface area contributed by atoms with Crippen molar-refractivity contribution in [2.24, 2.45) is 0 Å². The fraction of sp³-hybridized carbons (Fsp3) is 0.682. The second kappa shape index (κ2) is 10.2. The fourth-order valence-corrected chi connectivity index (χ4v) is 5.94. The Hall–Kier alpha value is -2.21. The quantitative estimate of drug-likeness (QED) is 0.594. The van der Waals surface area contributed by atoms with Crippen molar-refractivity contribution in [1.82, 2.24) is 9.21 Å². The maximum Gasteiger partial charge on any atom is 0.573 e. The molecule has 0 bridgehead atoms. The molecule has 1 aromatic rings. The number of rotatable bonds is 5. The van der Waals surface area contributed by atoms with E-state index in [2.05, 4.69) is 4.74 Å². The molecule has 0 aromatic heterocycles. The van der Waals surface area contributed by atoms with Crippen LogP contribution in [0.15, 0.2) is 24.3 Å². The van der Waals surface area contributed by atoms with Gasteiger partial charge in [0.25, 0.3) is 0 Å². The first-order chi connectivity index (χ1) is 15.7. The van der Waals surface area contributed by atoms with Crippen molar-refractivity contribution in [2.45, 2.75) is 69.8 Å². The van der Waals surface area contributed by atoms with Crippen LogP contribution in [0.3, 0.4) is 0 Å². The molecule has 0 radical (unpaired) electrons. The zero-order chi connectivity index (χ0) is 25.1. The minimum Gasteiger partial charge on any atom is -0.490 e. The largest absolute Gasteiger partial charge is 0.573 e. The summed E-state index contributed by atoms with van der Waals surface area (Å²) in [5.74, 6) is 0.0591. The van der Waals surface area contributed by atoms with Gasteiger partial charge >= 0.3 is 12.5 Å². The topological polar surface area (TPSA) is 85.4 Å². The van der Waals surface area contributed by atoms with Crippen LogP contribution in [0.4, 0.5) is 18.0 Å². The Morgan fingerprint density at radius 2 is 1.44 bits per heavy atom. The second-order valence-corrected chi connectivity index (χ2v) is 11.7. The van der Waals surface area contributed by atoms with E-state index in [9.17, 15) is 26.4 Å². The van der Waals surface area contributed by atoms with Gasteiger partial charge in [-0.05, 0) is 70.7 Å². The molecule has 0 spiro atoms. The highest BCUT2D eigenvalue weighted by Crippen LogP contribution is 2.28. The molecule has 2 aliphatic rings. The van der Waals surface area contributed by atoms with Gasteiger partial charge in [0.05, 0.1) is 5.25 Å². The minimum atomic E-state index is -4.76. The Balaban J connectivity index is 1.47. The van der Waals surface area contributed by atoms with Crippen LogP contribution in [0, 0.1) is 0 Å². The van der Waals surface area contributed by atoms with E-state index in [0.717, 1.165) is 0 Å². The minimum absolute atomic E-state index is 0.241. The number of benzene rings is 1. The number of likely N-dealkylation sites (tertiary alicyclic amines) is 1. The molecule has 34 heavy (non-hydrogen) atoms. The summed E-state index contributed by atoms with van der Waals surface area (Å²) in [6.45, 7) is 6.61. The lowest BCUT2D eigenvalue weighted by atomic mass is 10.1. The summed E-state index contributed by atoms with van der Waals surface area (Å²) in [5.41, 5.74) is -0.606. The number of sulfonamides is 1. The standard InChI is InChI=1S/C22H31F3N2O6S/c1-21(2,3)33-20(28)26-12-10-19(11-13-26)34(29,30)27-14-8-17(9-15-27)31-16-4-6-18(7-5-16)32-22(23,24)25/h4-7,17,19H,8-15H2,1-3H3. The van der Waals surface area contributed by atoms with Crippen LogP contribution in [0.25, 0.3) is 0 Å². The predicted molar refractivity (Wildman–Crippen MR) is 118 cm³/mol. The number of carbonyl (C=O) groups excluding carboxylic acids is 1. The molecule has 0 N–H and O–H groups in total. The van der Waals surface area contributed by atoms with Crippen LogP contribution in [0.2, 0.25) is 0 Å². The maximum absolute atomic E-state index is 13.1. The summed E-state index contributed by atoms with van der Waals surface area (Å²) in [7, 11) is -3.51. The Labute approximate surface area is 198 Å². The first-order valence-corrected chi connectivity index (χ1v) is 12.7. The number of carbonyl (C=O) groups is 1. The number of amides is 1. The number of nitrogens with zero attached hydrogens (tertiary/aromatic N) is 2. The number of alkyl halides is 3. The number of ether oxygens (including phenoxy) is 3. The van der Waals surface area contributed by atoms with Crippen molar-refractivity contribution in [3.8, 4) is 11.5 Å². The summed E-state index contributed by atoms with van der Waals surface area (Å²) in [5, 5.41) is -0.551. The van der Waals surface area contributed by atoms with Crippen LogP contribution in [0.5, 0.6) is 11.5 Å². The zero-order valence-electron chi connectivity index (χ0n) is 19.5. The maximum atomic E-state index is 13.1. The Bertz CT molecular complexity index is 931. The molecule has 0 atom stereocenters. The molecule has 3 rings (SSSR count). The third-order valence-corrected chi connectivity index (χ3v) is 8.03. The molecule has 1 amide bonds. The van der Waals surface area contributed by atoms with E-state index in [1.807, 2.05) is 0 Å². The van der Waals surface area contributed by atoms with Crippen LogP contribution < -0.4 is 9.47 Å². The summed E-state index contributed by atoms with van der Waals surface area (Å²) in [4.78, 5) is 13.8.